The second-order valence-corrected chi connectivity index (χ2v) is 7.47. The first-order chi connectivity index (χ1) is 14.3. The Bertz CT molecular complexity index is 1190. The van der Waals surface area contributed by atoms with Crippen LogP contribution in [-0.4, -0.2) is 42.8 Å². The molecule has 0 radical (unpaired) electrons. The number of aromatic nitrogens is 3. The molecule has 0 fully saturated rings. The number of nitrogens with zero attached hydrogens (tertiary/aromatic N) is 4. The first kappa shape index (κ1) is 19.6. The van der Waals surface area contributed by atoms with Crippen LogP contribution in [-0.2, 0) is 24.3 Å². The monoisotopic (exact) mass is 406 g/mol. The molecule has 1 N–H and O–H groups in total. The van der Waals surface area contributed by atoms with Crippen LogP contribution in [0.5, 0.6) is 0 Å². The summed E-state index contributed by atoms with van der Waals surface area (Å²) >= 11 is 0. The molecular formula is C22H22N4O4. The van der Waals surface area contributed by atoms with Gasteiger partial charge in [-0.3, -0.25) is 14.2 Å². The number of hydrogen-bond donors (Lipinski definition) is 1. The largest absolute Gasteiger partial charge is 0.477 e. The number of pyridine rings is 1. The molecule has 0 bridgehead atoms. The van der Waals surface area contributed by atoms with Crippen molar-refractivity contribution in [2.45, 2.75) is 33.4 Å². The molecule has 1 aliphatic rings. The van der Waals surface area contributed by atoms with Crippen molar-refractivity contribution in [1.82, 2.24) is 19.2 Å². The van der Waals surface area contributed by atoms with Gasteiger partial charge in [-0.05, 0) is 30.0 Å². The van der Waals surface area contributed by atoms with Crippen LogP contribution in [0, 0.1) is 6.92 Å². The Morgan fingerprint density at radius 2 is 1.93 bits per heavy atom. The van der Waals surface area contributed by atoms with Gasteiger partial charge in [0.25, 0.3) is 5.56 Å². The summed E-state index contributed by atoms with van der Waals surface area (Å²) in [5, 5.41) is 14.3. The summed E-state index contributed by atoms with van der Waals surface area (Å²) < 4.78 is 3.03. The Labute approximate surface area is 173 Å². The van der Waals surface area contributed by atoms with Gasteiger partial charge in [-0.25, -0.2) is 9.48 Å². The molecule has 1 aromatic carbocycles. The molecule has 0 spiro atoms. The molecule has 8 nitrogen and oxygen atoms in total. The molecule has 0 saturated carbocycles. The van der Waals surface area contributed by atoms with Crippen LogP contribution < -0.4 is 5.56 Å². The molecule has 30 heavy (non-hydrogen) atoms. The maximum absolute atomic E-state index is 13.2. The van der Waals surface area contributed by atoms with Crippen LogP contribution in [0.1, 0.15) is 39.7 Å². The molecule has 1 aliphatic heterocycles. The summed E-state index contributed by atoms with van der Waals surface area (Å²) in [6.07, 6.45) is 1.99. The number of fused-ring (bicyclic) bond motifs is 1. The van der Waals surface area contributed by atoms with E-state index >= 15 is 0 Å². The Kier molecular flexibility index (Phi) is 4.99. The van der Waals surface area contributed by atoms with E-state index in [1.165, 1.54) is 11.5 Å². The fraction of sp³-hybridized carbons (Fsp3) is 0.273. The maximum Gasteiger partial charge on any atom is 0.341 e. The summed E-state index contributed by atoms with van der Waals surface area (Å²) in [4.78, 5) is 38.6. The Morgan fingerprint density at radius 3 is 2.60 bits per heavy atom. The van der Waals surface area contributed by atoms with Crippen LogP contribution in [0.4, 0.5) is 0 Å². The highest BCUT2D eigenvalue weighted by molar-refractivity contribution is 5.89. The zero-order valence-corrected chi connectivity index (χ0v) is 16.8. The van der Waals surface area contributed by atoms with Gasteiger partial charge in [0.1, 0.15) is 11.4 Å². The van der Waals surface area contributed by atoms with Gasteiger partial charge >= 0.3 is 5.97 Å². The third-order valence-corrected chi connectivity index (χ3v) is 5.36. The molecule has 1 amide bonds. The fourth-order valence-corrected chi connectivity index (χ4v) is 3.91. The number of carboxylic acids is 1. The third-order valence-electron chi connectivity index (χ3n) is 5.36. The predicted molar refractivity (Wildman–Crippen MR) is 110 cm³/mol. The van der Waals surface area contributed by atoms with Crippen molar-refractivity contribution in [3.05, 3.63) is 80.9 Å². The van der Waals surface area contributed by atoms with Crippen molar-refractivity contribution in [2.75, 3.05) is 6.54 Å². The normalized spacial score (nSPS) is 13.2. The molecule has 0 unspecified atom stereocenters. The molecule has 0 atom stereocenters. The highest BCUT2D eigenvalue weighted by Crippen LogP contribution is 2.23. The van der Waals surface area contributed by atoms with Crippen LogP contribution in [0.15, 0.2) is 47.4 Å². The maximum atomic E-state index is 13.2. The highest BCUT2D eigenvalue weighted by atomic mass is 16.4. The standard InChI is InChI=1S/C22H22N4O4/c1-14-10-19(26(23-14)11-16-6-4-3-5-7-16)25-13-17-12-24(15(2)27)9-8-18(17)20(21(25)28)22(29)30/h3-7,10,13H,8-9,11-12H2,1-2H3,(H,29,30). The lowest BCUT2D eigenvalue weighted by Crippen LogP contribution is -2.38. The lowest BCUT2D eigenvalue weighted by atomic mass is 9.96. The van der Waals surface area contributed by atoms with E-state index in [1.54, 1.807) is 21.8 Å². The summed E-state index contributed by atoms with van der Waals surface area (Å²) in [7, 11) is 0. The molecule has 4 rings (SSSR count). The number of aryl methyl sites for hydroxylation is 1. The predicted octanol–water partition coefficient (Wildman–Crippen LogP) is 1.99. The first-order valence-electron chi connectivity index (χ1n) is 9.70. The summed E-state index contributed by atoms with van der Waals surface area (Å²) in [6, 6.07) is 11.5. The van der Waals surface area contributed by atoms with E-state index < -0.39 is 11.5 Å². The smallest absolute Gasteiger partial charge is 0.341 e. The quantitative estimate of drug-likeness (QED) is 0.715. The van der Waals surface area contributed by atoms with Gasteiger partial charge in [-0.15, -0.1) is 0 Å². The third kappa shape index (κ3) is 3.52. The van der Waals surface area contributed by atoms with Gasteiger partial charge in [0, 0.05) is 32.3 Å². The van der Waals surface area contributed by atoms with Gasteiger partial charge in [0.2, 0.25) is 5.91 Å². The molecule has 3 aromatic rings. The van der Waals surface area contributed by atoms with Crippen LogP contribution in [0.25, 0.3) is 5.82 Å². The van der Waals surface area contributed by atoms with Gasteiger partial charge < -0.3 is 10.0 Å². The van der Waals surface area contributed by atoms with Crippen molar-refractivity contribution in [3.8, 4) is 5.82 Å². The average Bonchev–Trinajstić information content (AvgIpc) is 3.07. The van der Waals surface area contributed by atoms with E-state index in [-0.39, 0.29) is 18.0 Å². The van der Waals surface area contributed by atoms with Gasteiger partial charge in [-0.2, -0.15) is 5.10 Å². The number of benzene rings is 1. The minimum Gasteiger partial charge on any atom is -0.477 e. The number of rotatable bonds is 4. The Morgan fingerprint density at radius 1 is 1.20 bits per heavy atom. The van der Waals surface area contributed by atoms with Crippen molar-refractivity contribution >= 4 is 11.9 Å². The highest BCUT2D eigenvalue weighted by Gasteiger charge is 2.28. The van der Waals surface area contributed by atoms with Gasteiger partial charge in [0.15, 0.2) is 0 Å². The van der Waals surface area contributed by atoms with E-state index in [4.69, 9.17) is 0 Å². The van der Waals surface area contributed by atoms with E-state index in [1.807, 2.05) is 37.3 Å². The van der Waals surface area contributed by atoms with Crippen LogP contribution >= 0.6 is 0 Å². The minimum absolute atomic E-state index is 0.0831. The lowest BCUT2D eigenvalue weighted by Gasteiger charge is -2.29. The Balaban J connectivity index is 1.87. The molecular weight excluding hydrogens is 384 g/mol. The number of carbonyl (C=O) groups is 2. The lowest BCUT2D eigenvalue weighted by molar-refractivity contribution is -0.129. The number of carbonyl (C=O) groups excluding carboxylic acids is 1. The number of aromatic carboxylic acids is 1. The average molecular weight is 406 g/mol. The van der Waals surface area contributed by atoms with Crippen molar-refractivity contribution in [3.63, 3.8) is 0 Å². The zero-order valence-electron chi connectivity index (χ0n) is 16.8. The molecule has 8 heteroatoms. The van der Waals surface area contributed by atoms with Crippen molar-refractivity contribution in [1.29, 1.82) is 0 Å². The van der Waals surface area contributed by atoms with Crippen LogP contribution in [0.2, 0.25) is 0 Å². The van der Waals surface area contributed by atoms with E-state index in [0.29, 0.717) is 42.1 Å². The Hall–Kier alpha value is -3.68. The fourth-order valence-electron chi connectivity index (χ4n) is 3.91. The van der Waals surface area contributed by atoms with Gasteiger partial charge in [-0.1, -0.05) is 30.3 Å². The SMILES string of the molecule is CC(=O)N1CCc2c(cn(-c3cc(C)nn3Cc3ccccc3)c(=O)c2C(=O)O)C1. The van der Waals surface area contributed by atoms with E-state index in [9.17, 15) is 19.5 Å². The van der Waals surface area contributed by atoms with Gasteiger partial charge in [0.05, 0.1) is 12.2 Å². The number of amides is 1. The zero-order chi connectivity index (χ0) is 21.4. The topological polar surface area (TPSA) is 97.4 Å². The minimum atomic E-state index is -1.26. The summed E-state index contributed by atoms with van der Waals surface area (Å²) in [5.74, 6) is -0.848. The number of carboxylic acid groups (broad SMARTS) is 1. The van der Waals surface area contributed by atoms with Crippen molar-refractivity contribution < 1.29 is 14.7 Å². The molecule has 154 valence electrons. The first-order valence-corrected chi connectivity index (χ1v) is 9.70. The van der Waals surface area contributed by atoms with E-state index in [0.717, 1.165) is 5.56 Å². The molecule has 2 aromatic heterocycles. The summed E-state index contributed by atoms with van der Waals surface area (Å²) in [6.45, 7) is 4.42. The molecule has 0 aliphatic carbocycles. The second-order valence-electron chi connectivity index (χ2n) is 7.47. The molecule has 0 saturated heterocycles. The van der Waals surface area contributed by atoms with Crippen molar-refractivity contribution in [2.24, 2.45) is 0 Å². The number of hydrogen-bond acceptors (Lipinski definition) is 4. The summed E-state index contributed by atoms with van der Waals surface area (Å²) in [5.41, 5.74) is 2.07. The second kappa shape index (κ2) is 7.62. The van der Waals surface area contributed by atoms with Crippen LogP contribution in [0.3, 0.4) is 0 Å². The molecule has 3 heterocycles. The van der Waals surface area contributed by atoms with E-state index in [2.05, 4.69) is 5.10 Å².